The number of rotatable bonds is 0. The maximum atomic E-state index is 9.91. The summed E-state index contributed by atoms with van der Waals surface area (Å²) in [6, 6.07) is 0. The minimum Gasteiger partial charge on any atom is -0.474 e. The van der Waals surface area contributed by atoms with E-state index in [0.29, 0.717) is 11.7 Å². The average molecular weight is 180 g/mol. The summed E-state index contributed by atoms with van der Waals surface area (Å²) in [4.78, 5) is 8.31. The first-order valence-corrected chi connectivity index (χ1v) is 4.21. The van der Waals surface area contributed by atoms with Crippen molar-refractivity contribution in [1.29, 1.82) is 0 Å². The third-order valence-electron chi connectivity index (χ3n) is 2.20. The van der Waals surface area contributed by atoms with Gasteiger partial charge in [-0.15, -0.1) is 0 Å². The lowest BCUT2D eigenvalue weighted by molar-refractivity contribution is 0.0340. The Morgan fingerprint density at radius 2 is 2.08 bits per heavy atom. The molecule has 0 fully saturated rings. The van der Waals surface area contributed by atoms with E-state index < -0.39 is 5.60 Å². The van der Waals surface area contributed by atoms with Crippen molar-refractivity contribution < 1.29 is 9.84 Å². The van der Waals surface area contributed by atoms with Crippen LogP contribution >= 0.6 is 0 Å². The summed E-state index contributed by atoms with van der Waals surface area (Å²) in [5, 5.41) is 9.91. The van der Waals surface area contributed by atoms with Crippen molar-refractivity contribution in [2.75, 3.05) is 6.61 Å². The van der Waals surface area contributed by atoms with Gasteiger partial charge in [0.05, 0.1) is 11.3 Å². The Hall–Kier alpha value is -1.16. The molecule has 0 bridgehead atoms. The van der Waals surface area contributed by atoms with E-state index in [2.05, 4.69) is 9.97 Å². The summed E-state index contributed by atoms with van der Waals surface area (Å²) >= 11 is 0. The van der Waals surface area contributed by atoms with Gasteiger partial charge in [-0.3, -0.25) is 0 Å². The Kier molecular flexibility index (Phi) is 1.57. The molecule has 0 aromatic carbocycles. The summed E-state index contributed by atoms with van der Waals surface area (Å²) in [5.41, 5.74) is 0.579. The topological polar surface area (TPSA) is 55.2 Å². The fourth-order valence-electron chi connectivity index (χ4n) is 1.69. The molecule has 0 aliphatic carbocycles. The van der Waals surface area contributed by atoms with Gasteiger partial charge in [-0.05, 0) is 20.8 Å². The lowest BCUT2D eigenvalue weighted by Crippen LogP contribution is -2.23. The monoisotopic (exact) mass is 180 g/mol. The zero-order valence-electron chi connectivity index (χ0n) is 7.96. The van der Waals surface area contributed by atoms with Gasteiger partial charge in [0, 0.05) is 0 Å². The second-order valence-corrected chi connectivity index (χ2v) is 3.60. The van der Waals surface area contributed by atoms with E-state index in [4.69, 9.17) is 4.74 Å². The van der Waals surface area contributed by atoms with Crippen LogP contribution in [0.5, 0.6) is 5.88 Å². The van der Waals surface area contributed by atoms with Crippen molar-refractivity contribution in [1.82, 2.24) is 9.97 Å². The Bertz CT molecular complexity index is 361. The molecule has 1 aliphatic rings. The van der Waals surface area contributed by atoms with Gasteiger partial charge in [-0.2, -0.15) is 4.98 Å². The molecule has 13 heavy (non-hydrogen) atoms. The van der Waals surface area contributed by atoms with Crippen molar-refractivity contribution in [2.24, 2.45) is 0 Å². The average Bonchev–Trinajstić information content (AvgIpc) is 2.26. The lowest BCUT2D eigenvalue weighted by atomic mass is 9.99. The molecule has 0 saturated carbocycles. The fourth-order valence-corrected chi connectivity index (χ4v) is 1.69. The number of aryl methyl sites for hydroxylation is 2. The van der Waals surface area contributed by atoms with E-state index >= 15 is 0 Å². The van der Waals surface area contributed by atoms with Crippen LogP contribution in [-0.4, -0.2) is 21.7 Å². The zero-order valence-corrected chi connectivity index (χ0v) is 7.96. The zero-order chi connectivity index (χ0) is 9.64. The molecule has 1 aliphatic heterocycles. The van der Waals surface area contributed by atoms with Gasteiger partial charge in [0.25, 0.3) is 0 Å². The number of fused-ring (bicyclic) bond motifs is 1. The molecular weight excluding hydrogens is 168 g/mol. The summed E-state index contributed by atoms with van der Waals surface area (Å²) in [6.07, 6.45) is 0. The quantitative estimate of drug-likeness (QED) is 0.638. The molecule has 2 heterocycles. The van der Waals surface area contributed by atoms with Gasteiger partial charge >= 0.3 is 0 Å². The first-order chi connectivity index (χ1) is 6.00. The van der Waals surface area contributed by atoms with Crippen LogP contribution in [0.1, 0.15) is 24.0 Å². The molecule has 0 amide bonds. The van der Waals surface area contributed by atoms with Crippen LogP contribution < -0.4 is 4.74 Å². The van der Waals surface area contributed by atoms with E-state index in [9.17, 15) is 5.11 Å². The van der Waals surface area contributed by atoms with Gasteiger partial charge < -0.3 is 9.84 Å². The molecule has 1 atom stereocenters. The SMILES string of the molecule is Cc1nc(C)c2c(n1)OCC2(C)O. The van der Waals surface area contributed by atoms with Crippen LogP contribution in [0.2, 0.25) is 0 Å². The van der Waals surface area contributed by atoms with E-state index in [0.717, 1.165) is 11.3 Å². The fraction of sp³-hybridized carbons (Fsp3) is 0.556. The van der Waals surface area contributed by atoms with Gasteiger partial charge in [-0.25, -0.2) is 4.98 Å². The highest BCUT2D eigenvalue weighted by molar-refractivity contribution is 5.38. The summed E-state index contributed by atoms with van der Waals surface area (Å²) in [5.74, 6) is 1.20. The van der Waals surface area contributed by atoms with Crippen LogP contribution in [0.25, 0.3) is 0 Å². The number of nitrogens with zero attached hydrogens (tertiary/aromatic N) is 2. The highest BCUT2D eigenvalue weighted by Crippen LogP contribution is 2.36. The van der Waals surface area contributed by atoms with Crippen LogP contribution in [0.3, 0.4) is 0 Å². The third-order valence-corrected chi connectivity index (χ3v) is 2.20. The van der Waals surface area contributed by atoms with Gasteiger partial charge in [0.2, 0.25) is 5.88 Å². The first-order valence-electron chi connectivity index (χ1n) is 4.21. The minimum atomic E-state index is -0.937. The predicted molar refractivity (Wildman–Crippen MR) is 46.6 cm³/mol. The maximum absolute atomic E-state index is 9.91. The molecule has 1 aromatic rings. The van der Waals surface area contributed by atoms with Crippen molar-refractivity contribution in [3.63, 3.8) is 0 Å². The molecule has 0 radical (unpaired) electrons. The number of aliphatic hydroxyl groups is 1. The standard InChI is InChI=1S/C9H12N2O2/c1-5-7-8(11-6(2)10-5)13-4-9(7,3)12/h12H,4H2,1-3H3. The molecule has 70 valence electrons. The van der Waals surface area contributed by atoms with Crippen LogP contribution in [-0.2, 0) is 5.60 Å². The van der Waals surface area contributed by atoms with Gasteiger partial charge in [0.15, 0.2) is 0 Å². The summed E-state index contributed by atoms with van der Waals surface area (Å²) < 4.78 is 5.27. The number of hydrogen-bond acceptors (Lipinski definition) is 4. The Labute approximate surface area is 76.6 Å². The van der Waals surface area contributed by atoms with E-state index in [1.807, 2.05) is 13.8 Å². The molecule has 0 spiro atoms. The van der Waals surface area contributed by atoms with Crippen molar-refractivity contribution in [3.8, 4) is 5.88 Å². The molecule has 4 heteroatoms. The van der Waals surface area contributed by atoms with Crippen molar-refractivity contribution in [3.05, 3.63) is 17.1 Å². The normalized spacial score (nSPS) is 25.5. The Balaban J connectivity index is 2.65. The molecule has 0 saturated heterocycles. The van der Waals surface area contributed by atoms with Gasteiger partial charge in [-0.1, -0.05) is 0 Å². The summed E-state index contributed by atoms with van der Waals surface area (Å²) in [6.45, 7) is 5.65. The van der Waals surface area contributed by atoms with Crippen molar-refractivity contribution >= 4 is 0 Å². The molecule has 2 rings (SSSR count). The molecular formula is C9H12N2O2. The molecule has 1 aromatic heterocycles. The van der Waals surface area contributed by atoms with Gasteiger partial charge in [0.1, 0.15) is 18.0 Å². The number of aromatic nitrogens is 2. The second-order valence-electron chi connectivity index (χ2n) is 3.60. The predicted octanol–water partition coefficient (Wildman–Crippen LogP) is 0.693. The number of hydrogen-bond donors (Lipinski definition) is 1. The third kappa shape index (κ3) is 1.18. The largest absolute Gasteiger partial charge is 0.474 e. The first kappa shape index (κ1) is 8.44. The highest BCUT2D eigenvalue weighted by Gasteiger charge is 2.37. The van der Waals surface area contributed by atoms with Crippen molar-refractivity contribution in [2.45, 2.75) is 26.4 Å². The summed E-state index contributed by atoms with van der Waals surface area (Å²) in [7, 11) is 0. The Morgan fingerprint density at radius 1 is 1.38 bits per heavy atom. The van der Waals surface area contributed by atoms with Crippen LogP contribution in [0.15, 0.2) is 0 Å². The molecule has 1 N–H and O–H groups in total. The molecule has 1 unspecified atom stereocenters. The van der Waals surface area contributed by atoms with E-state index in [1.54, 1.807) is 6.92 Å². The number of ether oxygens (including phenoxy) is 1. The second kappa shape index (κ2) is 2.42. The van der Waals surface area contributed by atoms with Crippen LogP contribution in [0, 0.1) is 13.8 Å². The maximum Gasteiger partial charge on any atom is 0.223 e. The van der Waals surface area contributed by atoms with E-state index in [-0.39, 0.29) is 6.61 Å². The smallest absolute Gasteiger partial charge is 0.223 e. The van der Waals surface area contributed by atoms with E-state index in [1.165, 1.54) is 0 Å². The highest BCUT2D eigenvalue weighted by atomic mass is 16.5. The lowest BCUT2D eigenvalue weighted by Gasteiger charge is -2.14. The van der Waals surface area contributed by atoms with Crippen LogP contribution in [0.4, 0.5) is 0 Å². The molecule has 4 nitrogen and oxygen atoms in total. The Morgan fingerprint density at radius 3 is 2.77 bits per heavy atom. The minimum absolute atomic E-state index is 0.265.